The van der Waals surface area contributed by atoms with Gasteiger partial charge < -0.3 is 10.1 Å². The Hall–Kier alpha value is -2.56. The molecule has 0 amide bonds. The predicted octanol–water partition coefficient (Wildman–Crippen LogP) is 3.78. The largest absolute Gasteiger partial charge is 0.497 e. The first kappa shape index (κ1) is 14.8. The lowest BCUT2D eigenvalue weighted by Gasteiger charge is -2.11. The second-order valence-corrected chi connectivity index (χ2v) is 4.62. The fourth-order valence-corrected chi connectivity index (χ4v) is 2.21. The molecule has 0 unspecified atom stereocenters. The average Bonchev–Trinajstić information content (AvgIpc) is 2.52. The van der Waals surface area contributed by atoms with Gasteiger partial charge in [0.1, 0.15) is 11.4 Å². The Labute approximate surface area is 123 Å². The summed E-state index contributed by atoms with van der Waals surface area (Å²) in [5.74, 6) is 0.590. The lowest BCUT2D eigenvalue weighted by Crippen LogP contribution is -2.05. The molecule has 2 aromatic rings. The number of nitrogens with one attached hydrogen (secondary N) is 1. The number of benzene rings is 2. The van der Waals surface area contributed by atoms with E-state index in [1.54, 1.807) is 12.1 Å². The van der Waals surface area contributed by atoms with Gasteiger partial charge >= 0.3 is 0 Å². The van der Waals surface area contributed by atoms with Crippen molar-refractivity contribution in [3.63, 3.8) is 0 Å². The van der Waals surface area contributed by atoms with Crippen LogP contribution in [0.5, 0.6) is 5.75 Å². The summed E-state index contributed by atoms with van der Waals surface area (Å²) in [5, 5.41) is 14.2. The Bertz CT molecular complexity index is 641. The van der Waals surface area contributed by atoms with Gasteiger partial charge in [-0.1, -0.05) is 31.2 Å². The molecule has 0 aliphatic heterocycles. The summed E-state index contributed by atoms with van der Waals surface area (Å²) >= 11 is 0. The number of hydrogen-bond acceptors (Lipinski definition) is 4. The van der Waals surface area contributed by atoms with Crippen molar-refractivity contribution < 1.29 is 9.66 Å². The van der Waals surface area contributed by atoms with Crippen molar-refractivity contribution in [2.45, 2.75) is 19.9 Å². The van der Waals surface area contributed by atoms with Crippen LogP contribution in [0.2, 0.25) is 0 Å². The van der Waals surface area contributed by atoms with Gasteiger partial charge in [0.15, 0.2) is 0 Å². The smallest absolute Gasteiger partial charge is 0.292 e. The van der Waals surface area contributed by atoms with E-state index in [2.05, 4.69) is 18.3 Å². The average molecular weight is 286 g/mol. The molecular formula is C16H18N2O3. The molecule has 0 aromatic heterocycles. The van der Waals surface area contributed by atoms with Crippen LogP contribution in [0.4, 0.5) is 11.4 Å². The molecule has 5 heteroatoms. The number of nitro groups is 1. The first-order valence-electron chi connectivity index (χ1n) is 6.78. The molecule has 21 heavy (non-hydrogen) atoms. The standard InChI is InChI=1S/C16H18N2O3/c1-3-12-6-4-5-7-13(12)11-17-15-10-14(21-2)8-9-16(15)18(19)20/h4-10,17H,3,11H2,1-2H3. The minimum atomic E-state index is -0.395. The summed E-state index contributed by atoms with van der Waals surface area (Å²) in [6.07, 6.45) is 0.929. The number of ether oxygens (including phenoxy) is 1. The van der Waals surface area contributed by atoms with Gasteiger partial charge in [-0.2, -0.15) is 0 Å². The molecule has 0 saturated carbocycles. The van der Waals surface area contributed by atoms with Crippen LogP contribution in [0.1, 0.15) is 18.1 Å². The molecule has 5 nitrogen and oxygen atoms in total. The van der Waals surface area contributed by atoms with E-state index >= 15 is 0 Å². The summed E-state index contributed by atoms with van der Waals surface area (Å²) in [6.45, 7) is 2.63. The molecule has 0 bridgehead atoms. The van der Waals surface area contributed by atoms with Crippen LogP contribution < -0.4 is 10.1 Å². The van der Waals surface area contributed by atoms with Crippen LogP contribution in [0, 0.1) is 10.1 Å². The molecule has 2 aromatic carbocycles. The van der Waals surface area contributed by atoms with Crippen molar-refractivity contribution in [1.29, 1.82) is 0 Å². The van der Waals surface area contributed by atoms with Gasteiger partial charge in [-0.05, 0) is 23.6 Å². The Morgan fingerprint density at radius 3 is 2.52 bits per heavy atom. The third-order valence-electron chi connectivity index (χ3n) is 3.37. The molecule has 0 spiro atoms. The first-order chi connectivity index (χ1) is 10.2. The van der Waals surface area contributed by atoms with E-state index in [-0.39, 0.29) is 5.69 Å². The highest BCUT2D eigenvalue weighted by Crippen LogP contribution is 2.29. The second kappa shape index (κ2) is 6.74. The Balaban J connectivity index is 2.24. The SMILES string of the molecule is CCc1ccccc1CNc1cc(OC)ccc1[N+](=O)[O-]. The highest BCUT2D eigenvalue weighted by atomic mass is 16.6. The Kier molecular flexibility index (Phi) is 4.77. The molecule has 0 saturated heterocycles. The third kappa shape index (κ3) is 3.51. The van der Waals surface area contributed by atoms with Crippen molar-refractivity contribution in [2.75, 3.05) is 12.4 Å². The van der Waals surface area contributed by atoms with Crippen LogP contribution in [0.15, 0.2) is 42.5 Å². The van der Waals surface area contributed by atoms with E-state index in [1.807, 2.05) is 18.2 Å². The summed E-state index contributed by atoms with van der Waals surface area (Å²) in [7, 11) is 1.54. The van der Waals surface area contributed by atoms with Gasteiger partial charge in [0.05, 0.1) is 12.0 Å². The molecule has 110 valence electrons. The van der Waals surface area contributed by atoms with Crippen LogP contribution >= 0.6 is 0 Å². The summed E-state index contributed by atoms with van der Waals surface area (Å²) < 4.78 is 5.12. The van der Waals surface area contributed by atoms with Crippen LogP contribution in [-0.2, 0) is 13.0 Å². The van der Waals surface area contributed by atoms with Crippen LogP contribution in [0.3, 0.4) is 0 Å². The van der Waals surface area contributed by atoms with E-state index in [9.17, 15) is 10.1 Å². The van der Waals surface area contributed by atoms with Gasteiger partial charge in [0, 0.05) is 18.7 Å². The maximum Gasteiger partial charge on any atom is 0.292 e. The lowest BCUT2D eigenvalue weighted by atomic mass is 10.1. The normalized spacial score (nSPS) is 10.2. The van der Waals surface area contributed by atoms with Gasteiger partial charge in [0.25, 0.3) is 5.69 Å². The monoisotopic (exact) mass is 286 g/mol. The summed E-state index contributed by atoms with van der Waals surface area (Å²) in [5.41, 5.74) is 2.88. The number of nitrogens with zero attached hydrogens (tertiary/aromatic N) is 1. The maximum atomic E-state index is 11.1. The zero-order chi connectivity index (χ0) is 15.2. The molecule has 0 fully saturated rings. The molecular weight excluding hydrogens is 268 g/mol. The van der Waals surface area contributed by atoms with Crippen LogP contribution in [0.25, 0.3) is 0 Å². The Morgan fingerprint density at radius 2 is 1.90 bits per heavy atom. The second-order valence-electron chi connectivity index (χ2n) is 4.62. The molecule has 0 heterocycles. The third-order valence-corrected chi connectivity index (χ3v) is 3.37. The van der Waals surface area contributed by atoms with Crippen molar-refractivity contribution in [3.05, 3.63) is 63.7 Å². The molecule has 0 radical (unpaired) electrons. The number of methoxy groups -OCH3 is 1. The number of hydrogen-bond donors (Lipinski definition) is 1. The summed E-state index contributed by atoms with van der Waals surface area (Å²) in [6, 6.07) is 12.7. The molecule has 0 aliphatic rings. The minimum absolute atomic E-state index is 0.0461. The lowest BCUT2D eigenvalue weighted by molar-refractivity contribution is -0.384. The molecule has 0 aliphatic carbocycles. The first-order valence-corrected chi connectivity index (χ1v) is 6.78. The van der Waals surface area contributed by atoms with Crippen molar-refractivity contribution in [1.82, 2.24) is 0 Å². The van der Waals surface area contributed by atoms with Gasteiger partial charge in [-0.15, -0.1) is 0 Å². The topological polar surface area (TPSA) is 64.4 Å². The fourth-order valence-electron chi connectivity index (χ4n) is 2.21. The van der Waals surface area contributed by atoms with Gasteiger partial charge in [-0.25, -0.2) is 0 Å². The van der Waals surface area contributed by atoms with Crippen molar-refractivity contribution in [3.8, 4) is 5.75 Å². The highest BCUT2D eigenvalue weighted by Gasteiger charge is 2.14. The predicted molar refractivity (Wildman–Crippen MR) is 82.8 cm³/mol. The number of rotatable bonds is 6. The van der Waals surface area contributed by atoms with Crippen molar-refractivity contribution in [2.24, 2.45) is 0 Å². The molecule has 0 atom stereocenters. The fraction of sp³-hybridized carbons (Fsp3) is 0.250. The minimum Gasteiger partial charge on any atom is -0.497 e. The Morgan fingerprint density at radius 1 is 1.19 bits per heavy atom. The number of nitro benzene ring substituents is 1. The zero-order valence-corrected chi connectivity index (χ0v) is 12.1. The van der Waals surface area contributed by atoms with E-state index < -0.39 is 4.92 Å². The molecule has 1 N–H and O–H groups in total. The van der Waals surface area contributed by atoms with E-state index in [0.717, 1.165) is 12.0 Å². The van der Waals surface area contributed by atoms with Crippen LogP contribution in [-0.4, -0.2) is 12.0 Å². The maximum absolute atomic E-state index is 11.1. The zero-order valence-electron chi connectivity index (χ0n) is 12.1. The van der Waals surface area contributed by atoms with Crippen molar-refractivity contribution >= 4 is 11.4 Å². The van der Waals surface area contributed by atoms with E-state index in [0.29, 0.717) is 18.0 Å². The number of anilines is 1. The van der Waals surface area contributed by atoms with E-state index in [4.69, 9.17) is 4.74 Å². The van der Waals surface area contributed by atoms with Gasteiger partial charge in [0.2, 0.25) is 0 Å². The number of aryl methyl sites for hydroxylation is 1. The van der Waals surface area contributed by atoms with E-state index in [1.165, 1.54) is 18.7 Å². The quantitative estimate of drug-likeness (QED) is 0.648. The van der Waals surface area contributed by atoms with Gasteiger partial charge in [-0.3, -0.25) is 10.1 Å². The summed E-state index contributed by atoms with van der Waals surface area (Å²) in [4.78, 5) is 10.7. The molecule has 2 rings (SSSR count). The highest BCUT2D eigenvalue weighted by molar-refractivity contribution is 5.64.